The largest absolute Gasteiger partial charge is 0.508 e. The smallest absolute Gasteiger partial charge is 0.115 e. The summed E-state index contributed by atoms with van der Waals surface area (Å²) in [7, 11) is 0. The van der Waals surface area contributed by atoms with Crippen molar-refractivity contribution in [2.45, 2.75) is 20.8 Å². The first-order valence-electron chi connectivity index (χ1n) is 15.3. The van der Waals surface area contributed by atoms with Crippen LogP contribution in [0.15, 0.2) is 83.0 Å². The number of phenolic OH excluding ortho intramolecular Hbond substituents is 1. The number of nitrogens with zero attached hydrogens (tertiary/aromatic N) is 2. The number of rotatable bonds is 5. The summed E-state index contributed by atoms with van der Waals surface area (Å²) in [6, 6.07) is 18.6. The van der Waals surface area contributed by atoms with Crippen molar-refractivity contribution in [2.75, 3.05) is 64.0 Å². The van der Waals surface area contributed by atoms with Crippen molar-refractivity contribution in [3.05, 3.63) is 106 Å². The molecule has 0 unspecified atom stereocenters. The Morgan fingerprint density at radius 1 is 0.773 bits per heavy atom. The van der Waals surface area contributed by atoms with E-state index in [1.807, 2.05) is 12.1 Å². The van der Waals surface area contributed by atoms with Gasteiger partial charge in [-0.05, 0) is 85.5 Å². The summed E-state index contributed by atoms with van der Waals surface area (Å²) < 4.78 is 0. The zero-order valence-electron chi connectivity index (χ0n) is 26.0. The molecule has 1 aromatic heterocycles. The fraction of sp³-hybridized carbons (Fsp3) is 0.361. The SMILES string of the molecule is CC1=CC(/C=C/c2ccc(N3CCSCCSCCSCCSCC3)cc2)=NC/1=C(/c1ccc(O)cc1)c1[nH]c(C)cc1C. The number of aromatic amines is 1. The average molecular weight is 662 g/mol. The van der Waals surface area contributed by atoms with E-state index in [2.05, 4.69) is 126 Å². The second-order valence-electron chi connectivity index (χ2n) is 11.0. The van der Waals surface area contributed by atoms with Crippen LogP contribution in [-0.4, -0.2) is 74.9 Å². The number of hydrogen-bond acceptors (Lipinski definition) is 7. The summed E-state index contributed by atoms with van der Waals surface area (Å²) in [6.45, 7) is 8.52. The molecule has 1 fully saturated rings. The first-order valence-corrected chi connectivity index (χ1v) is 19.9. The van der Waals surface area contributed by atoms with Crippen LogP contribution in [0.4, 0.5) is 5.69 Å². The summed E-state index contributed by atoms with van der Waals surface area (Å²) in [6.07, 6.45) is 6.42. The Labute approximate surface area is 280 Å². The number of allylic oxidation sites excluding steroid dienone is 3. The topological polar surface area (TPSA) is 51.6 Å². The van der Waals surface area contributed by atoms with Crippen LogP contribution in [0, 0.1) is 13.8 Å². The van der Waals surface area contributed by atoms with Crippen molar-refractivity contribution in [3.63, 3.8) is 0 Å². The van der Waals surface area contributed by atoms with Gasteiger partial charge in [0.25, 0.3) is 0 Å². The van der Waals surface area contributed by atoms with E-state index in [4.69, 9.17) is 4.99 Å². The Hall–Kier alpha value is -2.39. The van der Waals surface area contributed by atoms with Crippen molar-refractivity contribution in [1.82, 2.24) is 4.98 Å². The molecule has 2 aliphatic heterocycles. The maximum atomic E-state index is 9.91. The van der Waals surface area contributed by atoms with Crippen molar-refractivity contribution < 1.29 is 5.11 Å². The maximum absolute atomic E-state index is 9.91. The van der Waals surface area contributed by atoms with E-state index in [1.165, 1.54) is 62.8 Å². The molecule has 0 atom stereocenters. The highest BCUT2D eigenvalue weighted by molar-refractivity contribution is 8.05. The van der Waals surface area contributed by atoms with Gasteiger partial charge < -0.3 is 15.0 Å². The molecule has 232 valence electrons. The van der Waals surface area contributed by atoms with Gasteiger partial charge in [-0.2, -0.15) is 47.0 Å². The van der Waals surface area contributed by atoms with Crippen LogP contribution in [0.3, 0.4) is 0 Å². The number of aliphatic imine (C=N–C) groups is 1. The van der Waals surface area contributed by atoms with Gasteiger partial charge in [0.05, 0.1) is 17.1 Å². The van der Waals surface area contributed by atoms with E-state index in [1.54, 1.807) is 12.1 Å². The molecule has 3 aromatic rings. The van der Waals surface area contributed by atoms with E-state index in [0.717, 1.165) is 52.6 Å². The molecule has 0 amide bonds. The Balaban J connectivity index is 1.31. The van der Waals surface area contributed by atoms with Gasteiger partial charge in [0.1, 0.15) is 5.75 Å². The number of phenols is 1. The highest BCUT2D eigenvalue weighted by atomic mass is 32.2. The molecule has 44 heavy (non-hydrogen) atoms. The Morgan fingerprint density at radius 2 is 1.36 bits per heavy atom. The lowest BCUT2D eigenvalue weighted by atomic mass is 9.96. The van der Waals surface area contributed by atoms with E-state index in [0.29, 0.717) is 0 Å². The Bertz CT molecular complexity index is 1490. The summed E-state index contributed by atoms with van der Waals surface area (Å²) in [5.41, 5.74) is 11.0. The summed E-state index contributed by atoms with van der Waals surface area (Å²) in [5.74, 6) is 10.2. The minimum absolute atomic E-state index is 0.259. The molecule has 5 rings (SSSR count). The maximum Gasteiger partial charge on any atom is 0.115 e. The molecule has 0 radical (unpaired) electrons. The van der Waals surface area contributed by atoms with Gasteiger partial charge in [-0.1, -0.05) is 30.3 Å². The van der Waals surface area contributed by atoms with Crippen molar-refractivity contribution in [3.8, 4) is 5.75 Å². The third kappa shape index (κ3) is 9.32. The lowest BCUT2D eigenvalue weighted by Gasteiger charge is -2.25. The minimum Gasteiger partial charge on any atom is -0.508 e. The van der Waals surface area contributed by atoms with Gasteiger partial charge in [0.15, 0.2) is 0 Å². The predicted octanol–water partition coefficient (Wildman–Crippen LogP) is 8.96. The van der Waals surface area contributed by atoms with Gasteiger partial charge in [0, 0.05) is 76.1 Å². The minimum atomic E-state index is 0.259. The highest BCUT2D eigenvalue weighted by Gasteiger charge is 2.20. The second kappa shape index (κ2) is 16.8. The molecule has 2 N–H and O–H groups in total. The van der Waals surface area contributed by atoms with Gasteiger partial charge in [0.2, 0.25) is 0 Å². The monoisotopic (exact) mass is 661 g/mol. The molecular formula is C36H43N3OS4. The number of aromatic hydroxyl groups is 1. The number of H-pyrrole nitrogens is 1. The lowest BCUT2D eigenvalue weighted by Crippen LogP contribution is -2.28. The van der Waals surface area contributed by atoms with Crippen LogP contribution in [0.1, 0.15) is 35.0 Å². The number of thioether (sulfide) groups is 4. The third-order valence-corrected chi connectivity index (χ3v) is 12.3. The zero-order chi connectivity index (χ0) is 30.7. The first kappa shape index (κ1) is 33.0. The fourth-order valence-corrected chi connectivity index (χ4v) is 9.70. The van der Waals surface area contributed by atoms with Crippen molar-refractivity contribution >= 4 is 70.1 Å². The van der Waals surface area contributed by atoms with Crippen LogP contribution in [0.5, 0.6) is 5.75 Å². The number of aryl methyl sites for hydroxylation is 2. The average Bonchev–Trinajstić information content (AvgIpc) is 3.55. The Morgan fingerprint density at radius 3 is 1.93 bits per heavy atom. The second-order valence-corrected chi connectivity index (χ2v) is 15.9. The molecule has 3 heterocycles. The fourth-order valence-electron chi connectivity index (χ4n) is 5.35. The molecule has 2 aromatic carbocycles. The Kier molecular flexibility index (Phi) is 12.6. The molecule has 0 saturated carbocycles. The molecule has 1 saturated heterocycles. The zero-order valence-corrected chi connectivity index (χ0v) is 29.2. The number of anilines is 1. The molecule has 0 bridgehead atoms. The standard InChI is InChI=1S/C36H43N3OS4/c1-26-24-28(3)37-35(26)34(30-7-12-33(40)13-8-30)36-27(2)25-31(38-36)9-4-29-5-10-32(11-6-29)39-14-16-41-18-20-43-22-23-44-21-19-42-17-15-39/h4-13,24-25,37,40H,14-23H2,1-3H3/b9-4+,36-34-. The van der Waals surface area contributed by atoms with Crippen LogP contribution in [-0.2, 0) is 0 Å². The number of nitrogens with one attached hydrogen (secondary N) is 1. The summed E-state index contributed by atoms with van der Waals surface area (Å²) in [5, 5.41) is 9.91. The van der Waals surface area contributed by atoms with Crippen LogP contribution in [0.2, 0.25) is 0 Å². The molecular weight excluding hydrogens is 619 g/mol. The normalized spacial score (nSPS) is 18.9. The van der Waals surface area contributed by atoms with E-state index < -0.39 is 0 Å². The van der Waals surface area contributed by atoms with Gasteiger partial charge in [-0.3, -0.25) is 0 Å². The lowest BCUT2D eigenvalue weighted by molar-refractivity contribution is 0.475. The first-order chi connectivity index (χ1) is 21.5. The molecule has 8 heteroatoms. The third-order valence-electron chi connectivity index (χ3n) is 7.60. The number of benzene rings is 2. The summed E-state index contributed by atoms with van der Waals surface area (Å²) in [4.78, 5) is 11.2. The van der Waals surface area contributed by atoms with Crippen LogP contribution in [0.25, 0.3) is 11.6 Å². The quantitative estimate of drug-likeness (QED) is 0.285. The van der Waals surface area contributed by atoms with E-state index in [9.17, 15) is 5.11 Å². The van der Waals surface area contributed by atoms with E-state index in [-0.39, 0.29) is 5.75 Å². The van der Waals surface area contributed by atoms with E-state index >= 15 is 0 Å². The van der Waals surface area contributed by atoms with Crippen LogP contribution >= 0.6 is 47.0 Å². The molecule has 4 nitrogen and oxygen atoms in total. The highest BCUT2D eigenvalue weighted by Crippen LogP contribution is 2.35. The molecule has 2 aliphatic rings. The van der Waals surface area contributed by atoms with Crippen molar-refractivity contribution in [2.24, 2.45) is 4.99 Å². The number of aromatic nitrogens is 1. The predicted molar refractivity (Wildman–Crippen MR) is 203 cm³/mol. The molecule has 0 aliphatic carbocycles. The summed E-state index contributed by atoms with van der Waals surface area (Å²) >= 11 is 8.39. The van der Waals surface area contributed by atoms with Crippen molar-refractivity contribution in [1.29, 1.82) is 0 Å². The van der Waals surface area contributed by atoms with Gasteiger partial charge >= 0.3 is 0 Å². The number of hydrogen-bond donors (Lipinski definition) is 2. The van der Waals surface area contributed by atoms with Crippen LogP contribution < -0.4 is 4.90 Å². The molecule has 0 spiro atoms. The van der Waals surface area contributed by atoms with Gasteiger partial charge in [-0.15, -0.1) is 0 Å². The van der Waals surface area contributed by atoms with Gasteiger partial charge in [-0.25, -0.2) is 4.99 Å².